The predicted octanol–water partition coefficient (Wildman–Crippen LogP) is 5.43. The number of ether oxygens (including phenoxy) is 1. The second-order valence-corrected chi connectivity index (χ2v) is 6.63. The number of hydrogen-bond donors (Lipinski definition) is 1. The monoisotopic (exact) mass is 385 g/mol. The first-order chi connectivity index (χ1) is 11.4. The molecule has 0 spiro atoms. The van der Waals surface area contributed by atoms with Gasteiger partial charge in [-0.1, -0.05) is 47.8 Å². The first-order valence-corrected chi connectivity index (χ1v) is 8.68. The molecule has 0 aliphatic heterocycles. The highest BCUT2D eigenvalue weighted by atomic mass is 35.5. The standard InChI is InChI=1S/C18H18Cl3NO2/c1-3-17(24-14-6-7-15(20)11(2)8-14)18(23)22-10-12-4-5-13(19)9-16(12)21/h4-9,17H,3,10H2,1-2H3,(H,22,23). The van der Waals surface area contributed by atoms with Crippen molar-refractivity contribution in [1.29, 1.82) is 0 Å². The van der Waals surface area contributed by atoms with Crippen LogP contribution in [0.4, 0.5) is 0 Å². The van der Waals surface area contributed by atoms with Gasteiger partial charge in [-0.2, -0.15) is 0 Å². The molecule has 1 atom stereocenters. The average molecular weight is 387 g/mol. The molecule has 0 aliphatic rings. The van der Waals surface area contributed by atoms with Crippen molar-refractivity contribution in [2.24, 2.45) is 0 Å². The average Bonchev–Trinajstić information content (AvgIpc) is 2.54. The second kappa shape index (κ2) is 8.61. The normalized spacial score (nSPS) is 11.9. The Hall–Kier alpha value is -1.42. The van der Waals surface area contributed by atoms with Gasteiger partial charge in [0.2, 0.25) is 0 Å². The van der Waals surface area contributed by atoms with E-state index in [4.69, 9.17) is 39.5 Å². The molecule has 0 bridgehead atoms. The number of aryl methyl sites for hydroxylation is 1. The van der Waals surface area contributed by atoms with Gasteiger partial charge in [0.05, 0.1) is 0 Å². The number of halogens is 3. The topological polar surface area (TPSA) is 38.3 Å². The third kappa shape index (κ3) is 5.04. The summed E-state index contributed by atoms with van der Waals surface area (Å²) in [6, 6.07) is 10.5. The molecule has 0 aliphatic carbocycles. The predicted molar refractivity (Wildman–Crippen MR) is 99.2 cm³/mol. The van der Waals surface area contributed by atoms with E-state index in [0.717, 1.165) is 11.1 Å². The zero-order chi connectivity index (χ0) is 17.7. The number of hydrogen-bond acceptors (Lipinski definition) is 2. The summed E-state index contributed by atoms with van der Waals surface area (Å²) < 4.78 is 5.77. The summed E-state index contributed by atoms with van der Waals surface area (Å²) in [4.78, 5) is 12.4. The maximum absolute atomic E-state index is 12.4. The first kappa shape index (κ1) is 18.9. The zero-order valence-corrected chi connectivity index (χ0v) is 15.7. The Bertz CT molecular complexity index is 734. The van der Waals surface area contributed by atoms with Crippen molar-refractivity contribution < 1.29 is 9.53 Å². The molecule has 0 aromatic heterocycles. The summed E-state index contributed by atoms with van der Waals surface area (Å²) >= 11 is 18.0. The molecule has 0 saturated carbocycles. The molecule has 3 nitrogen and oxygen atoms in total. The smallest absolute Gasteiger partial charge is 0.261 e. The summed E-state index contributed by atoms with van der Waals surface area (Å²) in [5, 5.41) is 4.58. The lowest BCUT2D eigenvalue weighted by Crippen LogP contribution is -2.37. The molecule has 0 heterocycles. The zero-order valence-electron chi connectivity index (χ0n) is 13.4. The van der Waals surface area contributed by atoms with Gasteiger partial charge in [-0.05, 0) is 54.8 Å². The first-order valence-electron chi connectivity index (χ1n) is 7.55. The molecule has 2 rings (SSSR count). The van der Waals surface area contributed by atoms with Crippen molar-refractivity contribution in [3.63, 3.8) is 0 Å². The van der Waals surface area contributed by atoms with Crippen LogP contribution < -0.4 is 10.1 Å². The van der Waals surface area contributed by atoms with E-state index >= 15 is 0 Å². The Morgan fingerprint density at radius 3 is 2.50 bits per heavy atom. The molecule has 0 fully saturated rings. The summed E-state index contributed by atoms with van der Waals surface area (Å²) in [6.45, 7) is 4.09. The highest BCUT2D eigenvalue weighted by molar-refractivity contribution is 6.35. The summed E-state index contributed by atoms with van der Waals surface area (Å²) in [5.41, 5.74) is 1.70. The van der Waals surface area contributed by atoms with Gasteiger partial charge >= 0.3 is 0 Å². The molecule has 1 unspecified atom stereocenters. The largest absolute Gasteiger partial charge is 0.481 e. The molecular weight excluding hydrogens is 369 g/mol. The van der Waals surface area contributed by atoms with Crippen LogP contribution in [0.25, 0.3) is 0 Å². The van der Waals surface area contributed by atoms with E-state index in [9.17, 15) is 4.79 Å². The summed E-state index contributed by atoms with van der Waals surface area (Å²) in [7, 11) is 0. The number of carbonyl (C=O) groups excluding carboxylic acids is 1. The number of amides is 1. The highest BCUT2D eigenvalue weighted by Crippen LogP contribution is 2.23. The van der Waals surface area contributed by atoms with E-state index in [1.807, 2.05) is 19.9 Å². The Morgan fingerprint density at radius 2 is 1.88 bits per heavy atom. The molecule has 1 amide bonds. The van der Waals surface area contributed by atoms with Crippen molar-refractivity contribution in [2.75, 3.05) is 0 Å². The molecule has 2 aromatic carbocycles. The third-order valence-electron chi connectivity index (χ3n) is 3.54. The van der Waals surface area contributed by atoms with Crippen molar-refractivity contribution in [3.8, 4) is 5.75 Å². The molecule has 128 valence electrons. The Morgan fingerprint density at radius 1 is 1.12 bits per heavy atom. The van der Waals surface area contributed by atoms with E-state index in [2.05, 4.69) is 5.32 Å². The lowest BCUT2D eigenvalue weighted by molar-refractivity contribution is -0.128. The van der Waals surface area contributed by atoms with Crippen LogP contribution in [-0.4, -0.2) is 12.0 Å². The third-order valence-corrected chi connectivity index (χ3v) is 4.55. The van der Waals surface area contributed by atoms with E-state index < -0.39 is 6.10 Å². The van der Waals surface area contributed by atoms with Crippen molar-refractivity contribution >= 4 is 40.7 Å². The molecule has 0 radical (unpaired) electrons. The second-order valence-electron chi connectivity index (χ2n) is 5.38. The van der Waals surface area contributed by atoms with Gasteiger partial charge in [0, 0.05) is 21.6 Å². The van der Waals surface area contributed by atoms with E-state index in [0.29, 0.717) is 33.8 Å². The van der Waals surface area contributed by atoms with Gasteiger partial charge in [0.1, 0.15) is 5.75 Å². The van der Waals surface area contributed by atoms with Crippen molar-refractivity contribution in [2.45, 2.75) is 32.9 Å². The van der Waals surface area contributed by atoms with Crippen LogP contribution in [0.5, 0.6) is 5.75 Å². The molecule has 2 aromatic rings. The lowest BCUT2D eigenvalue weighted by atomic mass is 10.2. The van der Waals surface area contributed by atoms with Gasteiger partial charge in [0.15, 0.2) is 6.10 Å². The maximum atomic E-state index is 12.4. The molecule has 24 heavy (non-hydrogen) atoms. The number of benzene rings is 2. The minimum Gasteiger partial charge on any atom is -0.481 e. The van der Waals surface area contributed by atoms with Gasteiger partial charge in [-0.3, -0.25) is 4.79 Å². The fourth-order valence-corrected chi connectivity index (χ4v) is 2.73. The van der Waals surface area contributed by atoms with Crippen LogP contribution in [0.1, 0.15) is 24.5 Å². The Labute approximate surface area is 156 Å². The summed E-state index contributed by atoms with van der Waals surface area (Å²) in [5.74, 6) is 0.416. The molecule has 1 N–H and O–H groups in total. The minimum absolute atomic E-state index is 0.198. The molecule has 6 heteroatoms. The van der Waals surface area contributed by atoms with Gasteiger partial charge in [0.25, 0.3) is 5.91 Å². The lowest BCUT2D eigenvalue weighted by Gasteiger charge is -2.18. The quantitative estimate of drug-likeness (QED) is 0.719. The minimum atomic E-state index is -0.586. The van der Waals surface area contributed by atoms with E-state index in [-0.39, 0.29) is 5.91 Å². The Kier molecular flexibility index (Phi) is 6.79. The summed E-state index contributed by atoms with van der Waals surface area (Å²) in [6.07, 6.45) is -0.0429. The van der Waals surface area contributed by atoms with Crippen LogP contribution in [0.2, 0.25) is 15.1 Å². The number of nitrogens with one attached hydrogen (secondary N) is 1. The maximum Gasteiger partial charge on any atom is 0.261 e. The van der Waals surface area contributed by atoms with Gasteiger partial charge in [-0.25, -0.2) is 0 Å². The number of rotatable bonds is 6. The Balaban J connectivity index is 1.99. The van der Waals surface area contributed by atoms with Crippen LogP contribution >= 0.6 is 34.8 Å². The van der Waals surface area contributed by atoms with Gasteiger partial charge < -0.3 is 10.1 Å². The fraction of sp³-hybridized carbons (Fsp3) is 0.278. The molecule has 0 saturated heterocycles. The van der Waals surface area contributed by atoms with Crippen molar-refractivity contribution in [1.82, 2.24) is 5.32 Å². The highest BCUT2D eigenvalue weighted by Gasteiger charge is 2.18. The molecular formula is C18H18Cl3NO2. The van der Waals surface area contributed by atoms with Crippen molar-refractivity contribution in [3.05, 3.63) is 62.6 Å². The van der Waals surface area contributed by atoms with Crippen LogP contribution in [-0.2, 0) is 11.3 Å². The van der Waals surface area contributed by atoms with Crippen LogP contribution in [0, 0.1) is 6.92 Å². The van der Waals surface area contributed by atoms with Crippen LogP contribution in [0.3, 0.4) is 0 Å². The fourth-order valence-electron chi connectivity index (χ4n) is 2.14. The number of carbonyl (C=O) groups is 1. The van der Waals surface area contributed by atoms with E-state index in [1.165, 1.54) is 0 Å². The van der Waals surface area contributed by atoms with Gasteiger partial charge in [-0.15, -0.1) is 0 Å². The SMILES string of the molecule is CCC(Oc1ccc(Cl)c(C)c1)C(=O)NCc1ccc(Cl)cc1Cl. The van der Waals surface area contributed by atoms with Crippen LogP contribution in [0.15, 0.2) is 36.4 Å². The van der Waals surface area contributed by atoms with E-state index in [1.54, 1.807) is 30.3 Å².